The molecule has 20 heavy (non-hydrogen) atoms. The Balaban J connectivity index is 2.61. The van der Waals surface area contributed by atoms with E-state index in [4.69, 9.17) is 0 Å². The van der Waals surface area contributed by atoms with Gasteiger partial charge in [-0.3, -0.25) is 4.90 Å². The summed E-state index contributed by atoms with van der Waals surface area (Å²) in [6, 6.07) is 0.699. The molecule has 0 radical (unpaired) electrons. The van der Waals surface area contributed by atoms with Crippen molar-refractivity contribution in [3.63, 3.8) is 0 Å². The second kappa shape index (κ2) is 10.2. The largest absolute Gasteiger partial charge is 0.314 e. The molecule has 0 spiro atoms. The fourth-order valence-corrected chi connectivity index (χ4v) is 3.68. The molecule has 2 nitrogen and oxygen atoms in total. The minimum Gasteiger partial charge on any atom is -0.314 e. The Morgan fingerprint density at radius 1 is 1.15 bits per heavy atom. The zero-order valence-electron chi connectivity index (χ0n) is 13.6. The maximum Gasteiger partial charge on any atom is 0.0164 e. The molecule has 0 aromatic carbocycles. The van der Waals surface area contributed by atoms with Crippen LogP contribution in [0.2, 0.25) is 0 Å². The zero-order valence-corrected chi connectivity index (χ0v) is 13.6. The number of rotatable bonds is 10. The van der Waals surface area contributed by atoms with Gasteiger partial charge in [0.05, 0.1) is 0 Å². The summed E-state index contributed by atoms with van der Waals surface area (Å²) < 4.78 is 0. The lowest BCUT2D eigenvalue weighted by molar-refractivity contribution is 0.149. The summed E-state index contributed by atoms with van der Waals surface area (Å²) in [5.74, 6) is 1.72. The third-order valence-corrected chi connectivity index (χ3v) is 4.52. The molecular weight excluding hydrogens is 244 g/mol. The fraction of sp³-hybridized carbons (Fsp3) is 0.778. The predicted octanol–water partition coefficient (Wildman–Crippen LogP) is 3.85. The normalized spacial score (nSPS) is 26.6. The van der Waals surface area contributed by atoms with E-state index < -0.39 is 0 Å². The van der Waals surface area contributed by atoms with Crippen LogP contribution in [0.15, 0.2) is 25.3 Å². The molecule has 1 rings (SSSR count). The van der Waals surface area contributed by atoms with E-state index in [0.717, 1.165) is 31.5 Å². The molecule has 3 unspecified atom stereocenters. The van der Waals surface area contributed by atoms with E-state index in [1.807, 2.05) is 12.2 Å². The van der Waals surface area contributed by atoms with Gasteiger partial charge in [-0.05, 0) is 37.6 Å². The van der Waals surface area contributed by atoms with E-state index in [1.54, 1.807) is 0 Å². The molecule has 1 N–H and O–H groups in total. The average Bonchev–Trinajstić information content (AvgIpc) is 2.43. The smallest absolute Gasteiger partial charge is 0.0164 e. The molecule has 0 saturated heterocycles. The summed E-state index contributed by atoms with van der Waals surface area (Å²) in [5, 5.41) is 3.71. The highest BCUT2D eigenvalue weighted by molar-refractivity contribution is 4.89. The van der Waals surface area contributed by atoms with Crippen LogP contribution in [0.1, 0.15) is 46.0 Å². The van der Waals surface area contributed by atoms with Gasteiger partial charge in [-0.1, -0.05) is 38.8 Å². The Hall–Kier alpha value is -0.600. The molecule has 0 amide bonds. The minimum atomic E-state index is 0.699. The van der Waals surface area contributed by atoms with Crippen molar-refractivity contribution in [2.45, 2.75) is 52.0 Å². The van der Waals surface area contributed by atoms with E-state index in [-0.39, 0.29) is 0 Å². The van der Waals surface area contributed by atoms with Crippen molar-refractivity contribution in [3.05, 3.63) is 25.3 Å². The second-order valence-corrected chi connectivity index (χ2v) is 6.19. The summed E-state index contributed by atoms with van der Waals surface area (Å²) >= 11 is 0. The molecule has 2 heteroatoms. The predicted molar refractivity (Wildman–Crippen MR) is 90.0 cm³/mol. The molecule has 0 heterocycles. The molecule has 0 bridgehead atoms. The second-order valence-electron chi connectivity index (χ2n) is 6.19. The number of nitrogens with zero attached hydrogens (tertiary/aromatic N) is 1. The average molecular weight is 278 g/mol. The van der Waals surface area contributed by atoms with E-state index in [0.29, 0.717) is 6.04 Å². The highest BCUT2D eigenvalue weighted by Crippen LogP contribution is 2.32. The Bertz CT molecular complexity index is 265. The first-order chi connectivity index (χ1) is 9.74. The van der Waals surface area contributed by atoms with Gasteiger partial charge < -0.3 is 5.32 Å². The van der Waals surface area contributed by atoms with Crippen molar-refractivity contribution in [1.29, 1.82) is 0 Å². The van der Waals surface area contributed by atoms with Crippen LogP contribution in [0.25, 0.3) is 0 Å². The van der Waals surface area contributed by atoms with Crippen molar-refractivity contribution >= 4 is 0 Å². The first-order valence-corrected chi connectivity index (χ1v) is 8.42. The van der Waals surface area contributed by atoms with E-state index in [1.165, 1.54) is 38.6 Å². The van der Waals surface area contributed by atoms with Crippen LogP contribution in [-0.2, 0) is 0 Å². The molecule has 1 saturated carbocycles. The quantitative estimate of drug-likeness (QED) is 0.611. The van der Waals surface area contributed by atoms with Crippen molar-refractivity contribution in [3.8, 4) is 0 Å². The first-order valence-electron chi connectivity index (χ1n) is 8.42. The van der Waals surface area contributed by atoms with Crippen molar-refractivity contribution in [1.82, 2.24) is 10.2 Å². The van der Waals surface area contributed by atoms with Gasteiger partial charge in [0.2, 0.25) is 0 Å². The molecule has 1 fully saturated rings. The highest BCUT2D eigenvalue weighted by atomic mass is 15.1. The lowest BCUT2D eigenvalue weighted by atomic mass is 9.76. The van der Waals surface area contributed by atoms with Crippen LogP contribution in [-0.4, -0.2) is 37.1 Å². The van der Waals surface area contributed by atoms with Gasteiger partial charge in [0, 0.05) is 25.7 Å². The molecule has 116 valence electrons. The maximum atomic E-state index is 3.88. The van der Waals surface area contributed by atoms with Crippen LogP contribution in [0.3, 0.4) is 0 Å². The van der Waals surface area contributed by atoms with Gasteiger partial charge in [0.25, 0.3) is 0 Å². The van der Waals surface area contributed by atoms with E-state index in [2.05, 4.69) is 37.2 Å². The van der Waals surface area contributed by atoms with Crippen LogP contribution in [0.4, 0.5) is 0 Å². The zero-order chi connectivity index (χ0) is 14.8. The molecule has 1 aliphatic rings. The van der Waals surface area contributed by atoms with Crippen LogP contribution in [0.5, 0.6) is 0 Å². The van der Waals surface area contributed by atoms with E-state index >= 15 is 0 Å². The lowest BCUT2D eigenvalue weighted by Gasteiger charge is -2.39. The first kappa shape index (κ1) is 17.5. The molecule has 0 aliphatic heterocycles. The molecule has 3 atom stereocenters. The summed E-state index contributed by atoms with van der Waals surface area (Å²) in [7, 11) is 0. The van der Waals surface area contributed by atoms with Crippen molar-refractivity contribution in [2.24, 2.45) is 11.8 Å². The molecule has 0 aromatic rings. The Morgan fingerprint density at radius 3 is 2.40 bits per heavy atom. The van der Waals surface area contributed by atoms with Crippen LogP contribution in [0, 0.1) is 11.8 Å². The van der Waals surface area contributed by atoms with Crippen LogP contribution >= 0.6 is 0 Å². The number of nitrogens with one attached hydrogen (secondary N) is 1. The van der Waals surface area contributed by atoms with Gasteiger partial charge in [0.1, 0.15) is 0 Å². The van der Waals surface area contributed by atoms with E-state index in [9.17, 15) is 0 Å². The Labute approximate surface area is 126 Å². The lowest BCUT2D eigenvalue weighted by Crippen LogP contribution is -2.46. The Kier molecular flexibility index (Phi) is 8.88. The monoisotopic (exact) mass is 278 g/mol. The molecule has 0 aromatic heterocycles. The Morgan fingerprint density at radius 2 is 1.85 bits per heavy atom. The van der Waals surface area contributed by atoms with Gasteiger partial charge in [0.15, 0.2) is 0 Å². The maximum absolute atomic E-state index is 3.88. The molecular formula is C18H34N2. The minimum absolute atomic E-state index is 0.699. The van der Waals surface area contributed by atoms with Crippen LogP contribution < -0.4 is 5.32 Å². The SMILES string of the molecule is C=CCN(CC=C)CC1CC(CCC)CCC1NCC. The number of hydrogen-bond donors (Lipinski definition) is 1. The van der Waals surface area contributed by atoms with Crippen molar-refractivity contribution in [2.75, 3.05) is 26.2 Å². The third kappa shape index (κ3) is 5.80. The molecule has 1 aliphatic carbocycles. The van der Waals surface area contributed by atoms with Gasteiger partial charge >= 0.3 is 0 Å². The summed E-state index contributed by atoms with van der Waals surface area (Å²) in [4.78, 5) is 2.48. The number of hydrogen-bond acceptors (Lipinski definition) is 2. The highest BCUT2D eigenvalue weighted by Gasteiger charge is 2.30. The summed E-state index contributed by atoms with van der Waals surface area (Å²) in [6.45, 7) is 16.5. The fourth-order valence-electron chi connectivity index (χ4n) is 3.68. The standard InChI is InChI=1S/C18H34N2/c1-5-9-16-10-11-18(19-8-4)17(14-16)15-20(12-6-2)13-7-3/h6-7,16-19H,2-3,5,8-15H2,1,4H3. The van der Waals surface area contributed by atoms with Gasteiger partial charge in [-0.15, -0.1) is 13.2 Å². The summed E-state index contributed by atoms with van der Waals surface area (Å²) in [5.41, 5.74) is 0. The topological polar surface area (TPSA) is 15.3 Å². The van der Waals surface area contributed by atoms with Crippen molar-refractivity contribution < 1.29 is 0 Å². The third-order valence-electron chi connectivity index (χ3n) is 4.52. The van der Waals surface area contributed by atoms with Gasteiger partial charge in [-0.25, -0.2) is 0 Å². The van der Waals surface area contributed by atoms with Gasteiger partial charge in [-0.2, -0.15) is 0 Å². The summed E-state index contributed by atoms with van der Waals surface area (Å²) in [6.07, 6.45) is 10.9.